The van der Waals surface area contributed by atoms with E-state index in [4.69, 9.17) is 16.3 Å². The average molecular weight is 403 g/mol. The van der Waals surface area contributed by atoms with Crippen molar-refractivity contribution >= 4 is 57.5 Å². The zero-order valence-electron chi connectivity index (χ0n) is 14.2. The lowest BCUT2D eigenvalue weighted by atomic mass is 10.2. The molecule has 1 aromatic heterocycles. The van der Waals surface area contributed by atoms with Gasteiger partial charge in [-0.05, 0) is 42.6 Å². The van der Waals surface area contributed by atoms with Gasteiger partial charge in [0.1, 0.15) is 11.4 Å². The molecule has 26 heavy (non-hydrogen) atoms. The van der Waals surface area contributed by atoms with Gasteiger partial charge >= 0.3 is 0 Å². The van der Waals surface area contributed by atoms with Crippen LogP contribution in [0.2, 0.25) is 5.02 Å². The fourth-order valence-corrected chi connectivity index (χ4v) is 4.03. The van der Waals surface area contributed by atoms with Gasteiger partial charge in [-0.2, -0.15) is 0 Å². The summed E-state index contributed by atoms with van der Waals surface area (Å²) in [4.78, 5) is 20.0. The van der Waals surface area contributed by atoms with Gasteiger partial charge in [0.2, 0.25) is 0 Å². The maximum absolute atomic E-state index is 13.0. The molecule has 1 aliphatic rings. The summed E-state index contributed by atoms with van der Waals surface area (Å²) >= 11 is 9.21. The fourth-order valence-electron chi connectivity index (χ4n) is 2.30. The monoisotopic (exact) mass is 402 g/mol. The lowest BCUT2D eigenvalue weighted by Crippen LogP contribution is -2.30. The van der Waals surface area contributed by atoms with Gasteiger partial charge in [0.15, 0.2) is 5.17 Å². The highest BCUT2D eigenvalue weighted by molar-refractivity contribution is 8.14. The third-order valence-electron chi connectivity index (χ3n) is 3.50. The average Bonchev–Trinajstić information content (AvgIpc) is 3.24. The highest BCUT2D eigenvalue weighted by Gasteiger charge is 2.32. The van der Waals surface area contributed by atoms with Crippen molar-refractivity contribution in [2.45, 2.75) is 6.92 Å². The minimum absolute atomic E-state index is 0.188. The molecule has 1 aliphatic heterocycles. The molecule has 3 rings (SSSR count). The van der Waals surface area contributed by atoms with E-state index in [2.05, 4.69) is 16.8 Å². The number of carbonyl (C=O) groups excluding carboxylic acids is 1. The van der Waals surface area contributed by atoms with E-state index in [1.807, 2.05) is 17.5 Å². The molecule has 0 atom stereocenters. The van der Waals surface area contributed by atoms with Crippen molar-refractivity contribution in [3.05, 3.63) is 51.3 Å². The molecule has 0 bridgehead atoms. The third kappa shape index (κ3) is 3.96. The smallest absolute Gasteiger partial charge is 0.283 e. The van der Waals surface area contributed by atoms with E-state index in [-0.39, 0.29) is 5.91 Å². The van der Waals surface area contributed by atoms with Crippen molar-refractivity contribution in [3.63, 3.8) is 0 Å². The Labute approximate surface area is 165 Å². The quantitative estimate of drug-likeness (QED) is 0.539. The molecule has 4 nitrogen and oxygen atoms in total. The first kappa shape index (κ1) is 18.6. The number of carbonyl (C=O) groups is 1. The summed E-state index contributed by atoms with van der Waals surface area (Å²) in [6, 6.07) is 9.11. The van der Waals surface area contributed by atoms with Gasteiger partial charge in [-0.15, -0.1) is 17.3 Å². The lowest BCUT2D eigenvalue weighted by Gasteiger charge is -2.18. The summed E-state index contributed by atoms with van der Waals surface area (Å²) in [7, 11) is 1.55. The summed E-state index contributed by atoms with van der Waals surface area (Å²) < 4.78 is 5.19. The molecule has 7 heteroatoms. The van der Waals surface area contributed by atoms with Gasteiger partial charge in [-0.1, -0.05) is 35.3 Å². The van der Waals surface area contributed by atoms with Crippen LogP contribution in [0.1, 0.15) is 11.8 Å². The molecular weight excluding hydrogens is 388 g/mol. The predicted octanol–water partition coefficient (Wildman–Crippen LogP) is 4.91. The van der Waals surface area contributed by atoms with Gasteiger partial charge < -0.3 is 4.74 Å². The molecule has 2 heterocycles. The minimum Gasteiger partial charge on any atom is -0.495 e. The number of hydrogen-bond donors (Lipinski definition) is 0. The Bertz CT molecular complexity index is 940. The van der Waals surface area contributed by atoms with Crippen LogP contribution in [0, 0.1) is 11.8 Å². The van der Waals surface area contributed by atoms with Crippen molar-refractivity contribution in [2.24, 2.45) is 4.99 Å². The van der Waals surface area contributed by atoms with Gasteiger partial charge in [0, 0.05) is 4.88 Å². The van der Waals surface area contributed by atoms with Crippen molar-refractivity contribution in [3.8, 4) is 17.6 Å². The molecule has 0 N–H and O–H groups in total. The van der Waals surface area contributed by atoms with Crippen LogP contribution in [0.15, 0.2) is 46.4 Å². The first-order valence-electron chi connectivity index (χ1n) is 7.68. The van der Waals surface area contributed by atoms with Gasteiger partial charge in [0.05, 0.1) is 23.6 Å². The highest BCUT2D eigenvalue weighted by atomic mass is 35.5. The SMILES string of the molecule is CC#CCSC1=N/C(=C\c2cccs2)C(=O)N1c1ccc(OC)c(Cl)c1. The number of ether oxygens (including phenoxy) is 1. The van der Waals surface area contributed by atoms with E-state index in [9.17, 15) is 4.79 Å². The summed E-state index contributed by atoms with van der Waals surface area (Å²) in [5.74, 6) is 6.75. The van der Waals surface area contributed by atoms with Crippen molar-refractivity contribution in [1.82, 2.24) is 0 Å². The third-order valence-corrected chi connectivity index (χ3v) is 5.43. The van der Waals surface area contributed by atoms with E-state index in [1.54, 1.807) is 54.5 Å². The first-order valence-corrected chi connectivity index (χ1v) is 9.92. The Hall–Kier alpha value is -2.20. The summed E-state index contributed by atoms with van der Waals surface area (Å²) in [5, 5.41) is 2.98. The number of amidine groups is 1. The van der Waals surface area contributed by atoms with Crippen LogP contribution < -0.4 is 9.64 Å². The Balaban J connectivity index is 1.98. The molecule has 1 aromatic carbocycles. The molecular formula is C19H15ClN2O2S2. The Kier molecular flexibility index (Phi) is 6.04. The van der Waals surface area contributed by atoms with Gasteiger partial charge in [0.25, 0.3) is 5.91 Å². The number of rotatable bonds is 4. The summed E-state index contributed by atoms with van der Waals surface area (Å²) in [6.45, 7) is 1.78. The van der Waals surface area contributed by atoms with Crippen LogP contribution in [-0.2, 0) is 4.79 Å². The topological polar surface area (TPSA) is 41.9 Å². The number of halogens is 1. The number of amides is 1. The Morgan fingerprint density at radius 2 is 2.27 bits per heavy atom. The van der Waals surface area contributed by atoms with Crippen LogP contribution in [0.3, 0.4) is 0 Å². The van der Waals surface area contributed by atoms with E-state index in [0.717, 1.165) is 4.88 Å². The standard InChI is InChI=1S/C19H15ClN2O2S2/c1-3-4-9-26-19-21-16(12-14-6-5-10-25-14)18(23)22(19)13-7-8-17(24-2)15(20)11-13/h5-8,10-12H,9H2,1-2H3/b16-12-. The first-order chi connectivity index (χ1) is 12.6. The maximum atomic E-state index is 13.0. The van der Waals surface area contributed by atoms with E-state index >= 15 is 0 Å². The predicted molar refractivity (Wildman–Crippen MR) is 111 cm³/mol. The molecule has 2 aromatic rings. The van der Waals surface area contributed by atoms with Crippen LogP contribution in [0.25, 0.3) is 6.08 Å². The van der Waals surface area contributed by atoms with E-state index in [1.165, 1.54) is 11.8 Å². The largest absolute Gasteiger partial charge is 0.495 e. The second kappa shape index (κ2) is 8.45. The fraction of sp³-hybridized carbons (Fsp3) is 0.158. The molecule has 0 fully saturated rings. The van der Waals surface area contributed by atoms with Crippen molar-refractivity contribution in [1.29, 1.82) is 0 Å². The number of nitrogens with zero attached hydrogens (tertiary/aromatic N) is 2. The minimum atomic E-state index is -0.188. The zero-order valence-corrected chi connectivity index (χ0v) is 16.5. The number of aliphatic imine (C=N–C) groups is 1. The second-order valence-corrected chi connectivity index (χ2v) is 7.44. The number of benzene rings is 1. The van der Waals surface area contributed by atoms with Crippen LogP contribution in [0.4, 0.5) is 5.69 Å². The highest BCUT2D eigenvalue weighted by Crippen LogP contribution is 2.34. The zero-order chi connectivity index (χ0) is 18.5. The van der Waals surface area contributed by atoms with Crippen molar-refractivity contribution in [2.75, 3.05) is 17.8 Å². The number of methoxy groups -OCH3 is 1. The van der Waals surface area contributed by atoms with Crippen LogP contribution in [0.5, 0.6) is 5.75 Å². The summed E-state index contributed by atoms with van der Waals surface area (Å²) in [6.07, 6.45) is 1.80. The molecule has 0 aliphatic carbocycles. The molecule has 132 valence electrons. The van der Waals surface area contributed by atoms with E-state index < -0.39 is 0 Å². The van der Waals surface area contributed by atoms with Crippen LogP contribution >= 0.6 is 34.7 Å². The maximum Gasteiger partial charge on any atom is 0.283 e. The molecule has 0 spiro atoms. The van der Waals surface area contributed by atoms with Crippen molar-refractivity contribution < 1.29 is 9.53 Å². The summed E-state index contributed by atoms with van der Waals surface area (Å²) in [5.41, 5.74) is 1.04. The Morgan fingerprint density at radius 3 is 2.92 bits per heavy atom. The second-order valence-electron chi connectivity index (χ2n) is 5.11. The number of thiophene rings is 1. The van der Waals surface area contributed by atoms with E-state index in [0.29, 0.717) is 33.1 Å². The molecule has 0 unspecified atom stereocenters. The lowest BCUT2D eigenvalue weighted by molar-refractivity contribution is -0.113. The number of anilines is 1. The van der Waals surface area contributed by atoms with Gasteiger partial charge in [-0.25, -0.2) is 4.99 Å². The number of thioether (sulfide) groups is 1. The molecule has 0 radical (unpaired) electrons. The number of hydrogen-bond acceptors (Lipinski definition) is 5. The molecule has 0 saturated carbocycles. The van der Waals surface area contributed by atoms with Gasteiger partial charge in [-0.3, -0.25) is 9.69 Å². The van der Waals surface area contributed by atoms with Crippen LogP contribution in [-0.4, -0.2) is 23.9 Å². The molecule has 1 amide bonds. The molecule has 0 saturated heterocycles. The Morgan fingerprint density at radius 1 is 1.42 bits per heavy atom. The normalized spacial score (nSPS) is 15.0.